The minimum atomic E-state index is -0.189. The summed E-state index contributed by atoms with van der Waals surface area (Å²) in [5.41, 5.74) is 1.10. The smallest absolute Gasteiger partial charge is 0.236 e. The molecular formula is C14H25N3OS. The van der Waals surface area contributed by atoms with Gasteiger partial charge in [-0.15, -0.1) is 11.3 Å². The Kier molecular flexibility index (Phi) is 5.94. The van der Waals surface area contributed by atoms with E-state index in [-0.39, 0.29) is 17.4 Å². The van der Waals surface area contributed by atoms with Crippen LogP contribution < -0.4 is 10.6 Å². The van der Waals surface area contributed by atoms with E-state index in [9.17, 15) is 4.79 Å². The fraction of sp³-hybridized carbons (Fsp3) is 0.714. The van der Waals surface area contributed by atoms with Crippen molar-refractivity contribution in [2.75, 3.05) is 6.54 Å². The summed E-state index contributed by atoms with van der Waals surface area (Å²) in [4.78, 5) is 16.3. The first kappa shape index (κ1) is 16.1. The Labute approximate surface area is 120 Å². The Hall–Kier alpha value is -0.940. The van der Waals surface area contributed by atoms with Crippen LogP contribution in [0, 0.1) is 0 Å². The molecule has 2 N–H and O–H groups in total. The maximum Gasteiger partial charge on any atom is 0.236 e. The van der Waals surface area contributed by atoms with Gasteiger partial charge in [0.1, 0.15) is 0 Å². The maximum absolute atomic E-state index is 11.7. The molecule has 1 unspecified atom stereocenters. The van der Waals surface area contributed by atoms with E-state index in [1.165, 1.54) is 0 Å². The van der Waals surface area contributed by atoms with Gasteiger partial charge in [-0.3, -0.25) is 4.79 Å². The van der Waals surface area contributed by atoms with Crippen molar-refractivity contribution in [3.8, 4) is 0 Å². The highest BCUT2D eigenvalue weighted by molar-refractivity contribution is 7.09. The topological polar surface area (TPSA) is 54.0 Å². The lowest BCUT2D eigenvalue weighted by atomic mass is 9.98. The van der Waals surface area contributed by atoms with Crippen LogP contribution in [0.3, 0.4) is 0 Å². The molecular weight excluding hydrogens is 258 g/mol. The molecule has 1 rings (SSSR count). The molecule has 1 atom stereocenters. The zero-order chi connectivity index (χ0) is 14.5. The number of carbonyl (C=O) groups is 1. The van der Waals surface area contributed by atoms with Crippen molar-refractivity contribution in [2.24, 2.45) is 0 Å². The Morgan fingerprint density at radius 2 is 2.16 bits per heavy atom. The van der Waals surface area contributed by atoms with Gasteiger partial charge in [-0.25, -0.2) is 4.98 Å². The van der Waals surface area contributed by atoms with Crippen LogP contribution in [0.15, 0.2) is 5.38 Å². The average Bonchev–Trinajstić information content (AvgIpc) is 2.81. The SMILES string of the molecule is CCCNC(=O)C(C)NCc1csc(C(C)(C)C)n1. The van der Waals surface area contributed by atoms with Crippen molar-refractivity contribution in [3.63, 3.8) is 0 Å². The number of nitrogens with zero attached hydrogens (tertiary/aromatic N) is 1. The molecule has 0 aliphatic carbocycles. The van der Waals surface area contributed by atoms with Gasteiger partial charge in [0, 0.05) is 23.9 Å². The van der Waals surface area contributed by atoms with Crippen LogP contribution in [-0.4, -0.2) is 23.5 Å². The molecule has 1 amide bonds. The fourth-order valence-corrected chi connectivity index (χ4v) is 2.39. The Bertz CT molecular complexity index is 409. The number of hydrogen-bond acceptors (Lipinski definition) is 4. The molecule has 0 aromatic carbocycles. The first-order chi connectivity index (χ1) is 8.84. The molecule has 1 heterocycles. The van der Waals surface area contributed by atoms with E-state index >= 15 is 0 Å². The highest BCUT2D eigenvalue weighted by Crippen LogP contribution is 2.25. The molecule has 0 bridgehead atoms. The van der Waals surface area contributed by atoms with Crippen molar-refractivity contribution in [3.05, 3.63) is 16.1 Å². The molecule has 0 aliphatic heterocycles. The summed E-state index contributed by atoms with van der Waals surface area (Å²) in [5, 5.41) is 9.27. The highest BCUT2D eigenvalue weighted by Gasteiger charge is 2.18. The molecule has 0 saturated heterocycles. The molecule has 0 spiro atoms. The van der Waals surface area contributed by atoms with Crippen LogP contribution >= 0.6 is 11.3 Å². The van der Waals surface area contributed by atoms with Crippen LogP contribution in [-0.2, 0) is 16.8 Å². The summed E-state index contributed by atoms with van der Waals surface area (Å²) in [7, 11) is 0. The second-order valence-corrected chi connectivity index (χ2v) is 6.65. The van der Waals surface area contributed by atoms with Gasteiger partial charge in [0.15, 0.2) is 0 Å². The van der Waals surface area contributed by atoms with Crippen molar-refractivity contribution in [2.45, 2.75) is 59.0 Å². The highest BCUT2D eigenvalue weighted by atomic mass is 32.1. The number of amides is 1. The van der Waals surface area contributed by atoms with Crippen LogP contribution in [0.2, 0.25) is 0 Å². The van der Waals surface area contributed by atoms with Crippen molar-refractivity contribution in [1.29, 1.82) is 0 Å². The minimum absolute atomic E-state index is 0.0492. The van der Waals surface area contributed by atoms with E-state index in [2.05, 4.69) is 41.8 Å². The molecule has 5 heteroatoms. The van der Waals surface area contributed by atoms with Crippen LogP contribution in [0.1, 0.15) is 51.7 Å². The Balaban J connectivity index is 2.44. The molecule has 19 heavy (non-hydrogen) atoms. The summed E-state index contributed by atoms with van der Waals surface area (Å²) < 4.78 is 0. The molecule has 0 fully saturated rings. The predicted molar refractivity (Wildman–Crippen MR) is 80.4 cm³/mol. The summed E-state index contributed by atoms with van der Waals surface area (Å²) in [6.07, 6.45) is 0.958. The molecule has 108 valence electrons. The number of carbonyl (C=O) groups excluding carboxylic acids is 1. The summed E-state index contributed by atoms with van der Waals surface area (Å²) >= 11 is 1.68. The summed E-state index contributed by atoms with van der Waals surface area (Å²) in [5.74, 6) is 0.0492. The molecule has 0 aliphatic rings. The lowest BCUT2D eigenvalue weighted by Crippen LogP contribution is -2.42. The van der Waals surface area contributed by atoms with Gasteiger partial charge in [-0.2, -0.15) is 0 Å². The number of thiazole rings is 1. The van der Waals surface area contributed by atoms with Crippen molar-refractivity contribution >= 4 is 17.2 Å². The number of aromatic nitrogens is 1. The normalized spacial score (nSPS) is 13.3. The first-order valence-corrected chi connectivity index (χ1v) is 7.68. The van der Waals surface area contributed by atoms with Gasteiger partial charge in [-0.1, -0.05) is 27.7 Å². The van der Waals surface area contributed by atoms with E-state index in [0.717, 1.165) is 23.7 Å². The zero-order valence-electron chi connectivity index (χ0n) is 12.5. The maximum atomic E-state index is 11.7. The summed E-state index contributed by atoms with van der Waals surface area (Å²) in [6, 6.07) is -0.189. The van der Waals surface area contributed by atoms with Gasteiger partial charge in [0.05, 0.1) is 16.7 Å². The van der Waals surface area contributed by atoms with Crippen molar-refractivity contribution in [1.82, 2.24) is 15.6 Å². The standard InChI is InChI=1S/C14H25N3OS/c1-6-7-15-12(18)10(2)16-8-11-9-19-13(17-11)14(3,4)5/h9-10,16H,6-8H2,1-5H3,(H,15,18). The van der Waals surface area contributed by atoms with Gasteiger partial charge in [0.2, 0.25) is 5.91 Å². The third-order valence-electron chi connectivity index (χ3n) is 2.73. The van der Waals surface area contributed by atoms with Crippen LogP contribution in [0.5, 0.6) is 0 Å². The van der Waals surface area contributed by atoms with Crippen LogP contribution in [0.4, 0.5) is 0 Å². The molecule has 1 aromatic heterocycles. The van der Waals surface area contributed by atoms with Gasteiger partial charge in [-0.05, 0) is 13.3 Å². The lowest BCUT2D eigenvalue weighted by Gasteiger charge is -2.14. The van der Waals surface area contributed by atoms with E-state index in [1.807, 2.05) is 13.8 Å². The second kappa shape index (κ2) is 7.01. The Morgan fingerprint density at radius 1 is 1.47 bits per heavy atom. The first-order valence-electron chi connectivity index (χ1n) is 6.80. The summed E-state index contributed by atoms with van der Waals surface area (Å²) in [6.45, 7) is 11.8. The van der Waals surface area contributed by atoms with Gasteiger partial charge >= 0.3 is 0 Å². The quantitative estimate of drug-likeness (QED) is 0.843. The molecule has 1 aromatic rings. The number of hydrogen-bond donors (Lipinski definition) is 2. The lowest BCUT2D eigenvalue weighted by molar-refractivity contribution is -0.122. The largest absolute Gasteiger partial charge is 0.355 e. The van der Waals surface area contributed by atoms with E-state index in [4.69, 9.17) is 0 Å². The molecule has 0 radical (unpaired) electrons. The zero-order valence-corrected chi connectivity index (χ0v) is 13.4. The van der Waals surface area contributed by atoms with Gasteiger partial charge < -0.3 is 10.6 Å². The van der Waals surface area contributed by atoms with Crippen LogP contribution in [0.25, 0.3) is 0 Å². The van der Waals surface area contributed by atoms with Gasteiger partial charge in [0.25, 0.3) is 0 Å². The molecule has 0 saturated carbocycles. The predicted octanol–water partition coefficient (Wildman–Crippen LogP) is 2.44. The fourth-order valence-electron chi connectivity index (χ4n) is 1.48. The third-order valence-corrected chi connectivity index (χ3v) is 4.04. The number of rotatable bonds is 6. The minimum Gasteiger partial charge on any atom is -0.355 e. The molecule has 4 nitrogen and oxygen atoms in total. The van der Waals surface area contributed by atoms with Crippen molar-refractivity contribution < 1.29 is 4.79 Å². The van der Waals surface area contributed by atoms with E-state index < -0.39 is 0 Å². The average molecular weight is 283 g/mol. The van der Waals surface area contributed by atoms with E-state index in [1.54, 1.807) is 11.3 Å². The van der Waals surface area contributed by atoms with E-state index in [0.29, 0.717) is 6.54 Å². The number of nitrogens with one attached hydrogen (secondary N) is 2. The Morgan fingerprint density at radius 3 is 2.68 bits per heavy atom. The third kappa shape index (κ3) is 5.28. The second-order valence-electron chi connectivity index (χ2n) is 5.79. The monoisotopic (exact) mass is 283 g/mol.